The quantitative estimate of drug-likeness (QED) is 0.0768. The van der Waals surface area contributed by atoms with Gasteiger partial charge in [0, 0.05) is 13.0 Å². The highest BCUT2D eigenvalue weighted by molar-refractivity contribution is 5.93. The van der Waals surface area contributed by atoms with E-state index in [1.807, 2.05) is 0 Å². The molecule has 0 spiro atoms. The molecule has 0 aliphatic rings. The average Bonchev–Trinajstić information content (AvgIpc) is 2.64. The summed E-state index contributed by atoms with van der Waals surface area (Å²) in [5.74, 6) is -4.24. The van der Waals surface area contributed by atoms with Gasteiger partial charge in [0.25, 0.3) is 0 Å². The molecule has 0 saturated heterocycles. The highest BCUT2D eigenvalue weighted by atomic mass is 16.4. The number of nitrogens with two attached hydrogens (primary N) is 4. The van der Waals surface area contributed by atoms with Gasteiger partial charge in [-0.1, -0.05) is 0 Å². The standard InChI is InChI=1S/C15H28N8O6/c16-6-11(25)22-9(3-4-10(17)24)14(29)23-8(2-1-5-20-15(18)19)13(28)21-7-12(26)27/h8-9H,1-7,16H2,(H2,17,24)(H,21,28)(H,22,25)(H,23,29)(H,26,27)(H4,18,19,20). The summed E-state index contributed by atoms with van der Waals surface area (Å²) in [5, 5.41) is 15.6. The number of hydrogen-bond acceptors (Lipinski definition) is 7. The zero-order valence-electron chi connectivity index (χ0n) is 15.8. The number of rotatable bonds is 14. The van der Waals surface area contributed by atoms with Crippen molar-refractivity contribution in [1.29, 1.82) is 0 Å². The molecule has 29 heavy (non-hydrogen) atoms. The molecule has 0 aromatic rings. The minimum Gasteiger partial charge on any atom is -0.480 e. The maximum absolute atomic E-state index is 12.5. The molecular formula is C15H28N8O6. The molecule has 0 aromatic carbocycles. The van der Waals surface area contributed by atoms with Gasteiger partial charge in [-0.3, -0.25) is 29.0 Å². The van der Waals surface area contributed by atoms with Gasteiger partial charge in [0.2, 0.25) is 23.6 Å². The summed E-state index contributed by atoms with van der Waals surface area (Å²) < 4.78 is 0. The Balaban J connectivity index is 5.16. The van der Waals surface area contributed by atoms with E-state index in [4.69, 9.17) is 28.0 Å². The van der Waals surface area contributed by atoms with Gasteiger partial charge in [0.05, 0.1) is 6.54 Å². The molecule has 0 fully saturated rings. The minimum absolute atomic E-state index is 0.0847. The second-order valence-electron chi connectivity index (χ2n) is 5.95. The summed E-state index contributed by atoms with van der Waals surface area (Å²) in [7, 11) is 0. The predicted molar refractivity (Wildman–Crippen MR) is 102 cm³/mol. The molecule has 14 heteroatoms. The van der Waals surface area contributed by atoms with Crippen LogP contribution >= 0.6 is 0 Å². The maximum atomic E-state index is 12.5. The van der Waals surface area contributed by atoms with Crippen LogP contribution in [0.3, 0.4) is 0 Å². The van der Waals surface area contributed by atoms with E-state index in [2.05, 4.69) is 20.9 Å². The maximum Gasteiger partial charge on any atom is 0.322 e. The Hall–Kier alpha value is -3.42. The van der Waals surface area contributed by atoms with Crippen LogP contribution in [0.4, 0.5) is 0 Å². The van der Waals surface area contributed by atoms with E-state index in [1.165, 1.54) is 0 Å². The second kappa shape index (κ2) is 13.7. The van der Waals surface area contributed by atoms with E-state index in [1.54, 1.807) is 0 Å². The molecule has 164 valence electrons. The van der Waals surface area contributed by atoms with Gasteiger partial charge in [0.1, 0.15) is 18.6 Å². The first-order valence-corrected chi connectivity index (χ1v) is 8.69. The van der Waals surface area contributed by atoms with Crippen molar-refractivity contribution in [3.63, 3.8) is 0 Å². The Bertz CT molecular complexity index is 634. The van der Waals surface area contributed by atoms with Crippen LogP contribution in [0.15, 0.2) is 4.99 Å². The molecule has 2 unspecified atom stereocenters. The number of amides is 4. The molecule has 4 amide bonds. The fraction of sp³-hybridized carbons (Fsp3) is 0.600. The molecule has 0 aliphatic carbocycles. The first-order valence-electron chi connectivity index (χ1n) is 8.69. The Labute approximate surface area is 166 Å². The third-order valence-electron chi connectivity index (χ3n) is 3.51. The molecule has 0 rings (SSSR count). The highest BCUT2D eigenvalue weighted by Crippen LogP contribution is 2.03. The SMILES string of the molecule is NCC(=O)NC(CCC(N)=O)C(=O)NC(CCCN=C(N)N)C(=O)NCC(=O)O. The topological polar surface area (TPSA) is 258 Å². The van der Waals surface area contributed by atoms with Crippen LogP contribution in [0.2, 0.25) is 0 Å². The van der Waals surface area contributed by atoms with Crippen molar-refractivity contribution >= 4 is 35.6 Å². The lowest BCUT2D eigenvalue weighted by molar-refractivity contribution is -0.138. The lowest BCUT2D eigenvalue weighted by atomic mass is 10.1. The number of carbonyl (C=O) groups is 5. The molecule has 12 N–H and O–H groups in total. The number of aliphatic carboxylic acids is 1. The largest absolute Gasteiger partial charge is 0.480 e. The predicted octanol–water partition coefficient (Wildman–Crippen LogP) is -4.57. The van der Waals surface area contributed by atoms with Gasteiger partial charge in [-0.2, -0.15) is 0 Å². The molecule has 0 bridgehead atoms. The van der Waals surface area contributed by atoms with Crippen molar-refractivity contribution in [3.8, 4) is 0 Å². The Morgan fingerprint density at radius 1 is 0.931 bits per heavy atom. The summed E-state index contributed by atoms with van der Waals surface area (Å²) >= 11 is 0. The molecule has 2 atom stereocenters. The van der Waals surface area contributed by atoms with Crippen LogP contribution in [-0.2, 0) is 24.0 Å². The molecule has 0 aromatic heterocycles. The number of nitrogens with zero attached hydrogens (tertiary/aromatic N) is 1. The van der Waals surface area contributed by atoms with Gasteiger partial charge < -0.3 is 44.0 Å². The van der Waals surface area contributed by atoms with Crippen LogP contribution in [0.25, 0.3) is 0 Å². The smallest absolute Gasteiger partial charge is 0.322 e. The number of carbonyl (C=O) groups excluding carboxylic acids is 4. The lowest BCUT2D eigenvalue weighted by Gasteiger charge is -2.22. The van der Waals surface area contributed by atoms with E-state index in [0.717, 1.165) is 0 Å². The highest BCUT2D eigenvalue weighted by Gasteiger charge is 2.26. The van der Waals surface area contributed by atoms with Crippen molar-refractivity contribution < 1.29 is 29.1 Å². The number of aliphatic imine (C=N–C) groups is 1. The Morgan fingerprint density at radius 3 is 2.07 bits per heavy atom. The number of carboxylic acid groups (broad SMARTS) is 1. The molecular weight excluding hydrogens is 388 g/mol. The van der Waals surface area contributed by atoms with Crippen molar-refractivity contribution in [1.82, 2.24) is 16.0 Å². The van der Waals surface area contributed by atoms with Crippen LogP contribution in [0.1, 0.15) is 25.7 Å². The summed E-state index contributed by atoms with van der Waals surface area (Å²) in [6.45, 7) is -0.856. The fourth-order valence-electron chi connectivity index (χ4n) is 2.14. The molecule has 14 nitrogen and oxygen atoms in total. The van der Waals surface area contributed by atoms with Gasteiger partial charge in [0.15, 0.2) is 5.96 Å². The van der Waals surface area contributed by atoms with Crippen LogP contribution in [-0.4, -0.2) is 72.4 Å². The first kappa shape index (κ1) is 25.6. The van der Waals surface area contributed by atoms with E-state index >= 15 is 0 Å². The number of primary amides is 1. The third kappa shape index (κ3) is 12.6. The number of carboxylic acids is 1. The monoisotopic (exact) mass is 416 g/mol. The summed E-state index contributed by atoms with van der Waals surface area (Å²) in [6.07, 6.45) is 0.0828. The van der Waals surface area contributed by atoms with E-state index in [-0.39, 0.29) is 38.3 Å². The van der Waals surface area contributed by atoms with Crippen molar-refractivity contribution in [3.05, 3.63) is 0 Å². The van der Waals surface area contributed by atoms with E-state index < -0.39 is 48.2 Å². The lowest BCUT2D eigenvalue weighted by Crippen LogP contribution is -2.55. The first-order chi connectivity index (χ1) is 13.6. The minimum atomic E-state index is -1.27. The second-order valence-corrected chi connectivity index (χ2v) is 5.95. The Kier molecular flexibility index (Phi) is 12.1. The summed E-state index contributed by atoms with van der Waals surface area (Å²) in [5.41, 5.74) is 20.7. The number of hydrogen-bond donors (Lipinski definition) is 8. The van der Waals surface area contributed by atoms with Crippen LogP contribution in [0.5, 0.6) is 0 Å². The van der Waals surface area contributed by atoms with Crippen LogP contribution < -0.4 is 38.9 Å². The van der Waals surface area contributed by atoms with Gasteiger partial charge in [-0.25, -0.2) is 0 Å². The molecule has 0 saturated carbocycles. The van der Waals surface area contributed by atoms with E-state index in [0.29, 0.717) is 6.42 Å². The molecule has 0 aliphatic heterocycles. The van der Waals surface area contributed by atoms with Gasteiger partial charge in [-0.05, 0) is 19.3 Å². The van der Waals surface area contributed by atoms with Crippen molar-refractivity contribution in [2.24, 2.45) is 27.9 Å². The third-order valence-corrected chi connectivity index (χ3v) is 3.51. The average molecular weight is 416 g/mol. The number of nitrogens with one attached hydrogen (secondary N) is 3. The normalized spacial score (nSPS) is 12.2. The summed E-state index contributed by atoms with van der Waals surface area (Å²) in [4.78, 5) is 61.7. The van der Waals surface area contributed by atoms with Crippen LogP contribution in [0, 0.1) is 0 Å². The zero-order chi connectivity index (χ0) is 22.4. The molecule has 0 heterocycles. The van der Waals surface area contributed by atoms with Crippen molar-refractivity contribution in [2.75, 3.05) is 19.6 Å². The zero-order valence-corrected chi connectivity index (χ0v) is 15.8. The van der Waals surface area contributed by atoms with Gasteiger partial charge >= 0.3 is 5.97 Å². The van der Waals surface area contributed by atoms with Gasteiger partial charge in [-0.15, -0.1) is 0 Å². The fourth-order valence-corrected chi connectivity index (χ4v) is 2.14. The summed E-state index contributed by atoms with van der Waals surface area (Å²) in [6, 6.07) is -2.28. The Morgan fingerprint density at radius 2 is 1.55 bits per heavy atom. The van der Waals surface area contributed by atoms with E-state index in [9.17, 15) is 24.0 Å². The number of guanidine groups is 1. The van der Waals surface area contributed by atoms with Crippen molar-refractivity contribution in [2.45, 2.75) is 37.8 Å². The molecule has 0 radical (unpaired) electrons.